The Morgan fingerprint density at radius 2 is 1.48 bits per heavy atom. The highest BCUT2D eigenvalue weighted by atomic mass is 16.2. The zero-order chi connectivity index (χ0) is 19.7. The highest BCUT2D eigenvalue weighted by Gasteiger charge is 2.46. The fraction of sp³-hybridized carbons (Fsp3) is 0.417. The lowest BCUT2D eigenvalue weighted by molar-refractivity contribution is -0.134. The maximum atomic E-state index is 13.2. The summed E-state index contributed by atoms with van der Waals surface area (Å²) in [6, 6.07) is 22.1. The summed E-state index contributed by atoms with van der Waals surface area (Å²) in [5.74, 6) is -0.403. The van der Waals surface area contributed by atoms with Gasteiger partial charge in [0.2, 0.25) is 5.91 Å². The first kappa shape index (κ1) is 20.7. The molecule has 3 nitrogen and oxygen atoms in total. The van der Waals surface area contributed by atoms with Crippen molar-refractivity contribution >= 4 is 5.91 Å². The van der Waals surface area contributed by atoms with Gasteiger partial charge in [-0.2, -0.15) is 5.26 Å². The second-order valence-corrected chi connectivity index (χ2v) is 7.29. The maximum absolute atomic E-state index is 13.2. The standard InChI is InChI=1S/C24H30N2O/c1-4-5-6-13-18-22(23(27)26(2)3)24(19-25,20-14-9-7-10-15-20)21-16-11-8-12-17-21/h7-12,14-17,22H,4-6,13,18H2,1-3H3. The molecule has 0 saturated carbocycles. The number of carbonyl (C=O) groups is 1. The quantitative estimate of drug-likeness (QED) is 0.578. The number of hydrogen-bond donors (Lipinski definition) is 0. The second-order valence-electron chi connectivity index (χ2n) is 7.29. The van der Waals surface area contributed by atoms with E-state index in [-0.39, 0.29) is 5.91 Å². The van der Waals surface area contributed by atoms with Crippen molar-refractivity contribution in [2.45, 2.75) is 44.4 Å². The molecule has 27 heavy (non-hydrogen) atoms. The number of amides is 1. The summed E-state index contributed by atoms with van der Waals surface area (Å²) < 4.78 is 0. The largest absolute Gasteiger partial charge is 0.349 e. The molecule has 1 atom stereocenters. The van der Waals surface area contributed by atoms with Crippen LogP contribution in [0.2, 0.25) is 0 Å². The Kier molecular flexibility index (Phi) is 7.61. The van der Waals surface area contributed by atoms with Gasteiger partial charge in [0.05, 0.1) is 12.0 Å². The molecule has 2 aromatic rings. The molecule has 0 saturated heterocycles. The van der Waals surface area contributed by atoms with Crippen LogP contribution in [0.5, 0.6) is 0 Å². The van der Waals surface area contributed by atoms with Crippen LogP contribution in [-0.4, -0.2) is 24.9 Å². The van der Waals surface area contributed by atoms with Crippen LogP contribution >= 0.6 is 0 Å². The molecule has 0 radical (unpaired) electrons. The number of carbonyl (C=O) groups excluding carboxylic acids is 1. The first-order valence-electron chi connectivity index (χ1n) is 9.81. The molecule has 2 rings (SSSR count). The van der Waals surface area contributed by atoms with Crippen molar-refractivity contribution in [1.29, 1.82) is 5.26 Å². The van der Waals surface area contributed by atoms with Crippen molar-refractivity contribution in [2.75, 3.05) is 14.1 Å². The molecule has 0 aliphatic rings. The van der Waals surface area contributed by atoms with Crippen LogP contribution in [0.1, 0.15) is 50.2 Å². The minimum atomic E-state index is -0.990. The van der Waals surface area contributed by atoms with E-state index < -0.39 is 11.3 Å². The average molecular weight is 363 g/mol. The number of hydrogen-bond acceptors (Lipinski definition) is 2. The lowest BCUT2D eigenvalue weighted by Crippen LogP contribution is -2.44. The van der Waals surface area contributed by atoms with Gasteiger partial charge in [-0.05, 0) is 17.5 Å². The van der Waals surface area contributed by atoms with Crippen LogP contribution < -0.4 is 0 Å². The van der Waals surface area contributed by atoms with Crippen molar-refractivity contribution < 1.29 is 4.79 Å². The molecule has 0 aliphatic heterocycles. The van der Waals surface area contributed by atoms with Gasteiger partial charge < -0.3 is 4.90 Å². The Labute approximate surface area is 163 Å². The number of nitriles is 1. The Balaban J connectivity index is 2.59. The molecule has 1 amide bonds. The van der Waals surface area contributed by atoms with Gasteiger partial charge >= 0.3 is 0 Å². The van der Waals surface area contributed by atoms with Gasteiger partial charge in [0.1, 0.15) is 5.41 Å². The Morgan fingerprint density at radius 3 is 1.89 bits per heavy atom. The molecule has 1 unspecified atom stereocenters. The van der Waals surface area contributed by atoms with Gasteiger partial charge in [-0.15, -0.1) is 0 Å². The number of nitrogens with zero attached hydrogens (tertiary/aromatic N) is 2. The predicted octanol–water partition coefficient (Wildman–Crippen LogP) is 5.17. The molecule has 2 aromatic carbocycles. The maximum Gasteiger partial charge on any atom is 0.227 e. The fourth-order valence-corrected chi connectivity index (χ4v) is 3.79. The van der Waals surface area contributed by atoms with E-state index >= 15 is 0 Å². The zero-order valence-corrected chi connectivity index (χ0v) is 16.7. The van der Waals surface area contributed by atoms with Crippen molar-refractivity contribution in [3.8, 4) is 6.07 Å². The molecule has 0 aliphatic carbocycles. The molecule has 0 fully saturated rings. The molecule has 0 N–H and O–H groups in total. The van der Waals surface area contributed by atoms with E-state index in [4.69, 9.17) is 0 Å². The van der Waals surface area contributed by atoms with E-state index in [1.165, 1.54) is 0 Å². The normalized spacial score (nSPS) is 12.2. The van der Waals surface area contributed by atoms with E-state index in [9.17, 15) is 10.1 Å². The van der Waals surface area contributed by atoms with Gasteiger partial charge in [0.25, 0.3) is 0 Å². The van der Waals surface area contributed by atoms with E-state index in [1.54, 1.807) is 19.0 Å². The van der Waals surface area contributed by atoms with Crippen LogP contribution in [0.4, 0.5) is 0 Å². The minimum absolute atomic E-state index is 0.0146. The van der Waals surface area contributed by atoms with Crippen LogP contribution in [0, 0.1) is 17.2 Å². The topological polar surface area (TPSA) is 44.1 Å². The van der Waals surface area contributed by atoms with Gasteiger partial charge in [0.15, 0.2) is 0 Å². The summed E-state index contributed by atoms with van der Waals surface area (Å²) in [7, 11) is 3.55. The summed E-state index contributed by atoms with van der Waals surface area (Å²) >= 11 is 0. The van der Waals surface area contributed by atoms with Crippen molar-refractivity contribution in [2.24, 2.45) is 5.92 Å². The number of benzene rings is 2. The van der Waals surface area contributed by atoms with Gasteiger partial charge in [-0.3, -0.25) is 4.79 Å². The Bertz CT molecular complexity index is 707. The number of unbranched alkanes of at least 4 members (excludes halogenated alkanes) is 3. The Hall–Kier alpha value is -2.60. The molecule has 142 valence electrons. The van der Waals surface area contributed by atoms with Crippen molar-refractivity contribution in [3.05, 3.63) is 71.8 Å². The van der Waals surface area contributed by atoms with Gasteiger partial charge in [0, 0.05) is 14.1 Å². The van der Waals surface area contributed by atoms with Crippen LogP contribution in [0.3, 0.4) is 0 Å². The molecule has 0 aromatic heterocycles. The van der Waals surface area contributed by atoms with E-state index in [2.05, 4.69) is 13.0 Å². The molecular formula is C24H30N2O. The van der Waals surface area contributed by atoms with Crippen LogP contribution in [0.15, 0.2) is 60.7 Å². The molecule has 0 bridgehead atoms. The van der Waals surface area contributed by atoms with Crippen molar-refractivity contribution in [3.63, 3.8) is 0 Å². The third-order valence-electron chi connectivity index (χ3n) is 5.24. The smallest absolute Gasteiger partial charge is 0.227 e. The van der Waals surface area contributed by atoms with Gasteiger partial charge in [-0.1, -0.05) is 93.3 Å². The highest BCUT2D eigenvalue weighted by molar-refractivity contribution is 5.82. The van der Waals surface area contributed by atoms with E-state index in [0.717, 1.165) is 36.8 Å². The predicted molar refractivity (Wildman–Crippen MR) is 110 cm³/mol. The van der Waals surface area contributed by atoms with E-state index in [0.29, 0.717) is 6.42 Å². The fourth-order valence-electron chi connectivity index (χ4n) is 3.79. The van der Waals surface area contributed by atoms with Crippen LogP contribution in [-0.2, 0) is 10.2 Å². The average Bonchev–Trinajstić information content (AvgIpc) is 2.71. The zero-order valence-electron chi connectivity index (χ0n) is 16.7. The van der Waals surface area contributed by atoms with Crippen LogP contribution in [0.25, 0.3) is 0 Å². The molecule has 0 spiro atoms. The van der Waals surface area contributed by atoms with E-state index in [1.807, 2.05) is 60.7 Å². The second kappa shape index (κ2) is 9.92. The van der Waals surface area contributed by atoms with Gasteiger partial charge in [-0.25, -0.2) is 0 Å². The third-order valence-corrected chi connectivity index (χ3v) is 5.24. The summed E-state index contributed by atoms with van der Waals surface area (Å²) in [5, 5.41) is 10.5. The molecule has 3 heteroatoms. The summed E-state index contributed by atoms with van der Waals surface area (Å²) in [4.78, 5) is 14.9. The highest BCUT2D eigenvalue weighted by Crippen LogP contribution is 2.42. The molecule has 0 heterocycles. The lowest BCUT2D eigenvalue weighted by atomic mass is 9.64. The first-order valence-corrected chi connectivity index (χ1v) is 9.81. The summed E-state index contributed by atoms with van der Waals surface area (Å²) in [6.07, 6.45) is 5.03. The SMILES string of the molecule is CCCCCCC(C(=O)N(C)C)C(C#N)(c1ccccc1)c1ccccc1. The molecular weight excluding hydrogens is 332 g/mol. The monoisotopic (exact) mass is 362 g/mol. The number of rotatable bonds is 9. The summed E-state index contributed by atoms with van der Waals surface area (Å²) in [5.41, 5.74) is 0.777. The Morgan fingerprint density at radius 1 is 0.963 bits per heavy atom. The van der Waals surface area contributed by atoms with Crippen molar-refractivity contribution in [1.82, 2.24) is 4.90 Å². The summed E-state index contributed by atoms with van der Waals surface area (Å²) in [6.45, 7) is 2.18. The third kappa shape index (κ3) is 4.57. The first-order chi connectivity index (χ1) is 13.1. The minimum Gasteiger partial charge on any atom is -0.349 e. The lowest BCUT2D eigenvalue weighted by Gasteiger charge is -2.36.